The van der Waals surface area contributed by atoms with E-state index in [1.807, 2.05) is 36.1 Å². The molecule has 1 saturated heterocycles. The van der Waals surface area contributed by atoms with Gasteiger partial charge in [0.25, 0.3) is 5.91 Å². The zero-order valence-corrected chi connectivity index (χ0v) is 19.2. The monoisotopic (exact) mass is 428 g/mol. The lowest BCUT2D eigenvalue weighted by molar-refractivity contribution is 0.0724. The van der Waals surface area contributed by atoms with Crippen molar-refractivity contribution >= 4 is 15.9 Å². The lowest BCUT2D eigenvalue weighted by atomic mass is 9.87. The number of benzene rings is 2. The standard InChI is InChI=1S/C24H32N2O3S/c1-18-8-13-21(24(2,3)4)16-22(18)30(28,29)25-17-19-9-11-20(12-10-19)23(27)26-14-6-5-7-15-26/h8-13,16,25H,5-7,14-15,17H2,1-4H3. The molecule has 1 N–H and O–H groups in total. The van der Waals surface area contributed by atoms with E-state index < -0.39 is 10.0 Å². The van der Waals surface area contributed by atoms with Crippen molar-refractivity contribution in [1.82, 2.24) is 9.62 Å². The van der Waals surface area contributed by atoms with E-state index in [0.717, 1.165) is 42.6 Å². The minimum atomic E-state index is -3.64. The largest absolute Gasteiger partial charge is 0.339 e. The second kappa shape index (κ2) is 8.90. The molecule has 0 aromatic heterocycles. The number of nitrogens with one attached hydrogen (secondary N) is 1. The highest BCUT2D eigenvalue weighted by molar-refractivity contribution is 7.89. The zero-order chi connectivity index (χ0) is 21.9. The van der Waals surface area contributed by atoms with Crippen LogP contribution >= 0.6 is 0 Å². The first-order valence-electron chi connectivity index (χ1n) is 10.6. The maximum atomic E-state index is 12.9. The third kappa shape index (κ3) is 5.29. The van der Waals surface area contributed by atoms with Gasteiger partial charge in [-0.1, -0.05) is 45.0 Å². The molecule has 0 saturated carbocycles. The van der Waals surface area contributed by atoms with E-state index in [4.69, 9.17) is 0 Å². The first-order valence-corrected chi connectivity index (χ1v) is 12.1. The van der Waals surface area contributed by atoms with Crippen LogP contribution in [0.5, 0.6) is 0 Å². The molecule has 0 aliphatic carbocycles. The number of amides is 1. The molecule has 1 fully saturated rings. The smallest absolute Gasteiger partial charge is 0.253 e. The maximum Gasteiger partial charge on any atom is 0.253 e. The molecule has 0 spiro atoms. The summed E-state index contributed by atoms with van der Waals surface area (Å²) in [4.78, 5) is 14.8. The quantitative estimate of drug-likeness (QED) is 0.768. The van der Waals surface area contributed by atoms with E-state index in [2.05, 4.69) is 25.5 Å². The fraction of sp³-hybridized carbons (Fsp3) is 0.458. The van der Waals surface area contributed by atoms with Gasteiger partial charge in [0.2, 0.25) is 10.0 Å². The number of piperidine rings is 1. The van der Waals surface area contributed by atoms with E-state index in [0.29, 0.717) is 10.5 Å². The highest BCUT2D eigenvalue weighted by Crippen LogP contribution is 2.26. The summed E-state index contributed by atoms with van der Waals surface area (Å²) < 4.78 is 28.5. The van der Waals surface area contributed by atoms with Crippen molar-refractivity contribution in [2.45, 2.75) is 63.8 Å². The molecule has 1 amide bonds. The van der Waals surface area contributed by atoms with Crippen LogP contribution in [0.15, 0.2) is 47.4 Å². The van der Waals surface area contributed by atoms with Gasteiger partial charge in [-0.3, -0.25) is 4.79 Å². The number of carbonyl (C=O) groups is 1. The molecular formula is C24H32N2O3S. The van der Waals surface area contributed by atoms with Crippen LogP contribution in [-0.2, 0) is 22.0 Å². The topological polar surface area (TPSA) is 66.5 Å². The molecular weight excluding hydrogens is 396 g/mol. The fourth-order valence-electron chi connectivity index (χ4n) is 3.66. The Hall–Kier alpha value is -2.18. The molecule has 30 heavy (non-hydrogen) atoms. The van der Waals surface area contributed by atoms with Crippen molar-refractivity contribution in [3.63, 3.8) is 0 Å². The summed E-state index contributed by atoms with van der Waals surface area (Å²) in [5.74, 6) is 0.0523. The van der Waals surface area contributed by atoms with Crippen LogP contribution in [0, 0.1) is 6.92 Å². The number of hydrogen-bond acceptors (Lipinski definition) is 3. The second-order valence-corrected chi connectivity index (χ2v) is 10.8. The third-order valence-electron chi connectivity index (χ3n) is 5.65. The number of sulfonamides is 1. The first kappa shape index (κ1) is 22.5. The Morgan fingerprint density at radius 2 is 1.63 bits per heavy atom. The number of aryl methyl sites for hydroxylation is 1. The maximum absolute atomic E-state index is 12.9. The number of likely N-dealkylation sites (tertiary alicyclic amines) is 1. The Morgan fingerprint density at radius 1 is 1.00 bits per heavy atom. The van der Waals surface area contributed by atoms with Crippen LogP contribution in [-0.4, -0.2) is 32.3 Å². The molecule has 162 valence electrons. The Bertz CT molecular complexity index is 1000. The van der Waals surface area contributed by atoms with Crippen molar-refractivity contribution in [2.75, 3.05) is 13.1 Å². The van der Waals surface area contributed by atoms with Crippen LogP contribution in [0.25, 0.3) is 0 Å². The van der Waals surface area contributed by atoms with Crippen molar-refractivity contribution in [1.29, 1.82) is 0 Å². The summed E-state index contributed by atoms with van der Waals surface area (Å²) in [6.45, 7) is 9.80. The number of carbonyl (C=O) groups excluding carboxylic acids is 1. The Kier molecular flexibility index (Phi) is 6.68. The summed E-state index contributed by atoms with van der Waals surface area (Å²) >= 11 is 0. The SMILES string of the molecule is Cc1ccc(C(C)(C)C)cc1S(=O)(=O)NCc1ccc(C(=O)N2CCCCC2)cc1. The molecule has 1 heterocycles. The average molecular weight is 429 g/mol. The van der Waals surface area contributed by atoms with Gasteiger partial charge in [-0.15, -0.1) is 0 Å². The molecule has 2 aromatic rings. The highest BCUT2D eigenvalue weighted by atomic mass is 32.2. The molecule has 1 aliphatic heterocycles. The molecule has 6 heteroatoms. The van der Waals surface area contributed by atoms with Crippen LogP contribution in [0.2, 0.25) is 0 Å². The van der Waals surface area contributed by atoms with Gasteiger partial charge in [0.1, 0.15) is 0 Å². The van der Waals surface area contributed by atoms with Gasteiger partial charge in [-0.2, -0.15) is 0 Å². The van der Waals surface area contributed by atoms with Gasteiger partial charge in [-0.05, 0) is 66.5 Å². The number of hydrogen-bond donors (Lipinski definition) is 1. The van der Waals surface area contributed by atoms with Crippen LogP contribution < -0.4 is 4.72 Å². The van der Waals surface area contributed by atoms with E-state index in [9.17, 15) is 13.2 Å². The highest BCUT2D eigenvalue weighted by Gasteiger charge is 2.22. The van der Waals surface area contributed by atoms with Gasteiger partial charge in [0.15, 0.2) is 0 Å². The Labute approximate surface area is 180 Å². The minimum Gasteiger partial charge on any atom is -0.339 e. The lowest BCUT2D eigenvalue weighted by Crippen LogP contribution is -2.35. The van der Waals surface area contributed by atoms with Gasteiger partial charge < -0.3 is 4.90 Å². The molecule has 2 aromatic carbocycles. The van der Waals surface area contributed by atoms with Crippen LogP contribution in [0.3, 0.4) is 0 Å². The van der Waals surface area contributed by atoms with E-state index in [-0.39, 0.29) is 17.9 Å². The molecule has 1 aliphatic rings. The van der Waals surface area contributed by atoms with Crippen molar-refractivity contribution in [3.05, 3.63) is 64.7 Å². The van der Waals surface area contributed by atoms with Gasteiger partial charge in [0, 0.05) is 25.2 Å². The summed E-state index contributed by atoms with van der Waals surface area (Å²) in [5.41, 5.74) is 3.04. The number of nitrogens with zero attached hydrogens (tertiary/aromatic N) is 1. The molecule has 0 bridgehead atoms. The normalized spacial score (nSPS) is 15.3. The van der Waals surface area contributed by atoms with Crippen LogP contribution in [0.4, 0.5) is 0 Å². The lowest BCUT2D eigenvalue weighted by Gasteiger charge is -2.26. The van der Waals surface area contributed by atoms with Crippen molar-refractivity contribution in [2.24, 2.45) is 0 Å². The molecule has 0 unspecified atom stereocenters. The molecule has 3 rings (SSSR count). The summed E-state index contributed by atoms with van der Waals surface area (Å²) in [6.07, 6.45) is 3.30. The zero-order valence-electron chi connectivity index (χ0n) is 18.4. The van der Waals surface area contributed by atoms with E-state index in [1.165, 1.54) is 6.42 Å². The van der Waals surface area contributed by atoms with Gasteiger partial charge in [0.05, 0.1) is 4.90 Å². The van der Waals surface area contributed by atoms with Crippen molar-refractivity contribution in [3.8, 4) is 0 Å². The molecule has 0 radical (unpaired) electrons. The van der Waals surface area contributed by atoms with E-state index in [1.54, 1.807) is 18.2 Å². The van der Waals surface area contributed by atoms with Gasteiger partial charge >= 0.3 is 0 Å². The van der Waals surface area contributed by atoms with Gasteiger partial charge in [-0.25, -0.2) is 13.1 Å². The van der Waals surface area contributed by atoms with E-state index >= 15 is 0 Å². The summed E-state index contributed by atoms with van der Waals surface area (Å²) in [5, 5.41) is 0. The predicted octanol–water partition coefficient (Wildman–Crippen LogP) is 4.40. The van der Waals surface area contributed by atoms with Crippen molar-refractivity contribution < 1.29 is 13.2 Å². The molecule has 5 nitrogen and oxygen atoms in total. The summed E-state index contributed by atoms with van der Waals surface area (Å²) in [7, 11) is -3.64. The average Bonchev–Trinajstić information content (AvgIpc) is 2.72. The predicted molar refractivity (Wildman–Crippen MR) is 120 cm³/mol. The summed E-state index contributed by atoms with van der Waals surface area (Å²) in [6, 6.07) is 12.8. The van der Waals surface area contributed by atoms with Crippen LogP contribution in [0.1, 0.15) is 67.1 Å². The Balaban J connectivity index is 1.70. The molecule has 0 atom stereocenters. The number of rotatable bonds is 5. The third-order valence-corrected chi connectivity index (χ3v) is 7.20. The first-order chi connectivity index (χ1) is 14.1. The second-order valence-electron chi connectivity index (χ2n) is 9.10. The Morgan fingerprint density at radius 3 is 2.23 bits per heavy atom. The fourth-order valence-corrected chi connectivity index (χ4v) is 4.94. The minimum absolute atomic E-state index is 0.0523.